The van der Waals surface area contributed by atoms with Crippen LogP contribution < -0.4 is 0 Å². The molecule has 0 aliphatic carbocycles. The molecule has 0 radical (unpaired) electrons. The van der Waals surface area contributed by atoms with Gasteiger partial charge in [0.15, 0.2) is 0 Å². The maximum absolute atomic E-state index is 4.37. The van der Waals surface area contributed by atoms with Crippen molar-refractivity contribution in [3.8, 4) is 0 Å². The first-order valence-corrected chi connectivity index (χ1v) is 4.76. The number of allylic oxidation sites excluding steroid dienone is 3. The van der Waals surface area contributed by atoms with E-state index in [1.807, 2.05) is 26.8 Å². The number of aliphatic imine (C=N–C) groups is 1. The van der Waals surface area contributed by atoms with E-state index in [-0.39, 0.29) is 0 Å². The monoisotopic (exact) mass is 241 g/mol. The highest BCUT2D eigenvalue weighted by atomic mass is 79.9. The highest BCUT2D eigenvalue weighted by molar-refractivity contribution is 9.11. The van der Waals surface area contributed by atoms with Gasteiger partial charge in [0.1, 0.15) is 4.61 Å². The third-order valence-corrected chi connectivity index (χ3v) is 2.74. The van der Waals surface area contributed by atoms with Crippen LogP contribution in [0.5, 0.6) is 0 Å². The van der Waals surface area contributed by atoms with E-state index < -0.39 is 0 Å². The third kappa shape index (κ3) is 1.72. The molecule has 0 fully saturated rings. The molecule has 0 N–H and O–H groups in total. The van der Waals surface area contributed by atoms with Gasteiger partial charge in [-0.2, -0.15) is 5.10 Å². The van der Waals surface area contributed by atoms with Crippen LogP contribution in [0.15, 0.2) is 32.2 Å². The van der Waals surface area contributed by atoms with Crippen molar-refractivity contribution in [1.82, 2.24) is 5.01 Å². The molecule has 0 aromatic rings. The second-order valence-corrected chi connectivity index (χ2v) is 3.45. The van der Waals surface area contributed by atoms with Gasteiger partial charge in [0.05, 0.1) is 17.1 Å². The van der Waals surface area contributed by atoms with E-state index in [4.69, 9.17) is 0 Å². The number of hydrogen-bond acceptors (Lipinski definition) is 3. The van der Waals surface area contributed by atoms with Crippen LogP contribution in [0, 0.1) is 0 Å². The Kier molecular flexibility index (Phi) is 3.03. The molecule has 0 spiro atoms. The van der Waals surface area contributed by atoms with Gasteiger partial charge in [-0.1, -0.05) is 6.08 Å². The minimum Gasteiger partial charge on any atom is -0.253 e. The molecule has 0 aromatic carbocycles. The summed E-state index contributed by atoms with van der Waals surface area (Å²) in [5, 5.41) is 5.64. The third-order valence-electron chi connectivity index (χ3n) is 1.83. The van der Waals surface area contributed by atoms with Crippen LogP contribution in [0.3, 0.4) is 0 Å². The first-order valence-electron chi connectivity index (χ1n) is 3.97. The molecule has 1 aliphatic heterocycles. The quantitative estimate of drug-likeness (QED) is 0.513. The molecule has 0 unspecified atom stereocenters. The first-order chi connectivity index (χ1) is 6.11. The molecular formula is C9H12BrN3. The summed E-state index contributed by atoms with van der Waals surface area (Å²) >= 11 is 3.41. The van der Waals surface area contributed by atoms with Crippen LogP contribution in [0.4, 0.5) is 0 Å². The fourth-order valence-corrected chi connectivity index (χ4v) is 1.63. The average molecular weight is 242 g/mol. The van der Waals surface area contributed by atoms with E-state index in [1.54, 1.807) is 5.01 Å². The molecule has 1 heterocycles. The van der Waals surface area contributed by atoms with Gasteiger partial charge in [-0.15, -0.1) is 0 Å². The van der Waals surface area contributed by atoms with Crippen LogP contribution in [-0.2, 0) is 0 Å². The van der Waals surface area contributed by atoms with Crippen molar-refractivity contribution in [2.45, 2.75) is 20.8 Å². The molecule has 0 saturated heterocycles. The van der Waals surface area contributed by atoms with Crippen molar-refractivity contribution >= 4 is 28.4 Å². The number of halogens is 1. The first kappa shape index (κ1) is 10.2. The smallest absolute Gasteiger partial charge is 0.129 e. The van der Waals surface area contributed by atoms with E-state index in [9.17, 15) is 0 Å². The zero-order chi connectivity index (χ0) is 10.0. The number of rotatable bonds is 1. The average Bonchev–Trinajstić information content (AvgIpc) is 2.10. The van der Waals surface area contributed by atoms with Crippen LogP contribution in [-0.4, -0.2) is 17.4 Å². The van der Waals surface area contributed by atoms with Crippen molar-refractivity contribution in [2.75, 3.05) is 0 Å². The molecule has 0 atom stereocenters. The molecule has 0 bridgehead atoms. The van der Waals surface area contributed by atoms with Gasteiger partial charge in [-0.3, -0.25) is 4.99 Å². The van der Waals surface area contributed by atoms with E-state index in [0.717, 1.165) is 21.7 Å². The van der Waals surface area contributed by atoms with Crippen LogP contribution in [0.1, 0.15) is 20.8 Å². The highest BCUT2D eigenvalue weighted by Crippen LogP contribution is 2.28. The highest BCUT2D eigenvalue weighted by Gasteiger charge is 2.19. The molecule has 0 aromatic heterocycles. The zero-order valence-electron chi connectivity index (χ0n) is 8.00. The van der Waals surface area contributed by atoms with Gasteiger partial charge >= 0.3 is 0 Å². The van der Waals surface area contributed by atoms with E-state index >= 15 is 0 Å². The Hall–Kier alpha value is -0.900. The Bertz CT molecular complexity index is 324. The molecule has 1 aliphatic rings. The Morgan fingerprint density at radius 2 is 2.15 bits per heavy atom. The molecule has 4 heteroatoms. The largest absolute Gasteiger partial charge is 0.253 e. The Balaban J connectivity index is 3.23. The van der Waals surface area contributed by atoms with Gasteiger partial charge in [0.25, 0.3) is 0 Å². The predicted octanol–water partition coefficient (Wildman–Crippen LogP) is 2.87. The number of hydrazone groups is 1. The Morgan fingerprint density at radius 1 is 1.54 bits per heavy atom. The molecule has 13 heavy (non-hydrogen) atoms. The topological polar surface area (TPSA) is 28.0 Å². The maximum atomic E-state index is 4.37. The summed E-state index contributed by atoms with van der Waals surface area (Å²) in [7, 11) is 0. The van der Waals surface area contributed by atoms with Gasteiger partial charge in [-0.25, -0.2) is 5.01 Å². The van der Waals surface area contributed by atoms with Gasteiger partial charge in [0, 0.05) is 6.72 Å². The molecular weight excluding hydrogens is 230 g/mol. The van der Waals surface area contributed by atoms with Gasteiger partial charge < -0.3 is 0 Å². The zero-order valence-corrected chi connectivity index (χ0v) is 9.59. The standard InChI is InChI=1S/C9H12BrN3/c1-5-8-6(2)12-7(3)9(10)13(8)11-4/h5H,4H2,1-3H3/b8-5-. The number of hydrogen-bond donors (Lipinski definition) is 0. The fourth-order valence-electron chi connectivity index (χ4n) is 1.24. The second-order valence-electron chi connectivity index (χ2n) is 2.70. The summed E-state index contributed by atoms with van der Waals surface area (Å²) in [6, 6.07) is 0. The minimum atomic E-state index is 0.848. The summed E-state index contributed by atoms with van der Waals surface area (Å²) < 4.78 is 0.848. The second kappa shape index (κ2) is 3.87. The van der Waals surface area contributed by atoms with E-state index in [1.165, 1.54) is 0 Å². The van der Waals surface area contributed by atoms with Gasteiger partial charge in [0.2, 0.25) is 0 Å². The van der Waals surface area contributed by atoms with Crippen LogP contribution in [0.25, 0.3) is 0 Å². The predicted molar refractivity (Wildman–Crippen MR) is 59.9 cm³/mol. The molecule has 0 saturated carbocycles. The summed E-state index contributed by atoms with van der Waals surface area (Å²) in [6.07, 6.45) is 1.96. The lowest BCUT2D eigenvalue weighted by atomic mass is 10.2. The van der Waals surface area contributed by atoms with E-state index in [2.05, 4.69) is 32.7 Å². The lowest BCUT2D eigenvalue weighted by molar-refractivity contribution is 0.504. The van der Waals surface area contributed by atoms with Crippen molar-refractivity contribution in [3.05, 3.63) is 22.1 Å². The van der Waals surface area contributed by atoms with Crippen molar-refractivity contribution in [3.63, 3.8) is 0 Å². The summed E-state index contributed by atoms with van der Waals surface area (Å²) in [5.74, 6) is 0. The maximum Gasteiger partial charge on any atom is 0.129 e. The van der Waals surface area contributed by atoms with Crippen molar-refractivity contribution < 1.29 is 0 Å². The van der Waals surface area contributed by atoms with Crippen molar-refractivity contribution in [2.24, 2.45) is 10.1 Å². The molecule has 1 rings (SSSR count). The van der Waals surface area contributed by atoms with Gasteiger partial charge in [-0.05, 0) is 36.7 Å². The summed E-state index contributed by atoms with van der Waals surface area (Å²) in [5.41, 5.74) is 2.83. The minimum absolute atomic E-state index is 0.848. The van der Waals surface area contributed by atoms with Crippen LogP contribution >= 0.6 is 15.9 Å². The normalized spacial score (nSPS) is 20.8. The van der Waals surface area contributed by atoms with Crippen molar-refractivity contribution in [1.29, 1.82) is 0 Å². The van der Waals surface area contributed by atoms with Crippen LogP contribution in [0.2, 0.25) is 0 Å². The van der Waals surface area contributed by atoms with E-state index in [0.29, 0.717) is 0 Å². The lowest BCUT2D eigenvalue weighted by Crippen LogP contribution is -2.22. The lowest BCUT2D eigenvalue weighted by Gasteiger charge is -2.25. The summed E-state index contributed by atoms with van der Waals surface area (Å²) in [6.45, 7) is 9.35. The molecule has 70 valence electrons. The number of nitrogens with zero attached hydrogens (tertiary/aromatic N) is 3. The summed E-state index contributed by atoms with van der Waals surface area (Å²) in [4.78, 5) is 4.37. The molecule has 3 nitrogen and oxygen atoms in total. The SMILES string of the molecule is C=NN1C(Br)=C(C)N=C(C)/C1=C/C. The Morgan fingerprint density at radius 3 is 2.62 bits per heavy atom. The Labute approximate surface area is 86.7 Å². The fraction of sp³-hybridized carbons (Fsp3) is 0.333. The molecule has 0 amide bonds.